The first-order valence-corrected chi connectivity index (χ1v) is 6.44. The number of hydrogen-bond acceptors (Lipinski definition) is 3. The highest BCUT2D eigenvalue weighted by molar-refractivity contribution is 5.49. The number of benzene rings is 1. The number of rotatable bonds is 4. The summed E-state index contributed by atoms with van der Waals surface area (Å²) < 4.78 is 5.17. The standard InChI is InChI=1S/C15H22N2O/c1-12-14(4-3-5-15(12)16)10-17-8-6-13(7-9-17)11-18-2/h3-6H,7-11,16H2,1-2H3. The number of methoxy groups -OCH3 is 1. The van der Waals surface area contributed by atoms with Crippen molar-refractivity contribution in [2.24, 2.45) is 0 Å². The summed E-state index contributed by atoms with van der Waals surface area (Å²) >= 11 is 0. The SMILES string of the molecule is COCC1=CCN(Cc2cccc(N)c2C)CC1. The normalized spacial score (nSPS) is 16.7. The van der Waals surface area contributed by atoms with Gasteiger partial charge in [0.15, 0.2) is 0 Å². The van der Waals surface area contributed by atoms with Gasteiger partial charge in [-0.05, 0) is 36.1 Å². The van der Waals surface area contributed by atoms with E-state index in [1.807, 2.05) is 12.1 Å². The molecule has 0 amide bonds. The fourth-order valence-corrected chi connectivity index (χ4v) is 2.33. The van der Waals surface area contributed by atoms with Crippen molar-refractivity contribution in [3.05, 3.63) is 41.0 Å². The summed E-state index contributed by atoms with van der Waals surface area (Å²) in [6, 6.07) is 6.17. The Labute approximate surface area is 109 Å². The lowest BCUT2D eigenvalue weighted by Crippen LogP contribution is -2.29. The van der Waals surface area contributed by atoms with E-state index in [1.165, 1.54) is 16.7 Å². The van der Waals surface area contributed by atoms with Crippen LogP contribution in [-0.2, 0) is 11.3 Å². The third-order valence-electron chi connectivity index (χ3n) is 3.60. The van der Waals surface area contributed by atoms with Gasteiger partial charge in [-0.2, -0.15) is 0 Å². The fourth-order valence-electron chi connectivity index (χ4n) is 2.33. The van der Waals surface area contributed by atoms with Crippen molar-refractivity contribution in [3.8, 4) is 0 Å². The second kappa shape index (κ2) is 6.03. The van der Waals surface area contributed by atoms with Crippen molar-refractivity contribution in [1.29, 1.82) is 0 Å². The van der Waals surface area contributed by atoms with Gasteiger partial charge in [-0.25, -0.2) is 0 Å². The van der Waals surface area contributed by atoms with Crippen LogP contribution in [0, 0.1) is 6.92 Å². The largest absolute Gasteiger partial charge is 0.399 e. The monoisotopic (exact) mass is 246 g/mol. The molecule has 0 saturated carbocycles. The van der Waals surface area contributed by atoms with E-state index in [1.54, 1.807) is 7.11 Å². The molecule has 0 atom stereocenters. The van der Waals surface area contributed by atoms with Crippen molar-refractivity contribution >= 4 is 5.69 Å². The minimum Gasteiger partial charge on any atom is -0.399 e. The van der Waals surface area contributed by atoms with Crippen LogP contribution in [0.1, 0.15) is 17.5 Å². The fraction of sp³-hybridized carbons (Fsp3) is 0.467. The highest BCUT2D eigenvalue weighted by Gasteiger charge is 2.13. The van der Waals surface area contributed by atoms with Crippen LogP contribution in [0.2, 0.25) is 0 Å². The number of hydrogen-bond donors (Lipinski definition) is 1. The molecule has 3 nitrogen and oxygen atoms in total. The predicted octanol–water partition coefficient (Wildman–Crippen LogP) is 2.36. The summed E-state index contributed by atoms with van der Waals surface area (Å²) in [6.45, 7) is 5.95. The van der Waals surface area contributed by atoms with Gasteiger partial charge in [-0.1, -0.05) is 18.2 Å². The molecule has 0 aromatic heterocycles. The minimum atomic E-state index is 0.769. The van der Waals surface area contributed by atoms with E-state index in [0.29, 0.717) is 0 Å². The van der Waals surface area contributed by atoms with Crippen molar-refractivity contribution in [3.63, 3.8) is 0 Å². The molecule has 0 aliphatic carbocycles. The van der Waals surface area contributed by atoms with E-state index >= 15 is 0 Å². The van der Waals surface area contributed by atoms with E-state index in [4.69, 9.17) is 10.5 Å². The number of anilines is 1. The number of nitrogens with two attached hydrogens (primary N) is 1. The van der Waals surface area contributed by atoms with E-state index in [0.717, 1.165) is 38.3 Å². The van der Waals surface area contributed by atoms with Gasteiger partial charge in [-0.3, -0.25) is 4.90 Å². The second-order valence-electron chi connectivity index (χ2n) is 4.91. The topological polar surface area (TPSA) is 38.5 Å². The molecule has 0 radical (unpaired) electrons. The number of nitrogen functional groups attached to an aromatic ring is 1. The van der Waals surface area contributed by atoms with Crippen molar-refractivity contribution in [1.82, 2.24) is 4.90 Å². The molecule has 3 heteroatoms. The van der Waals surface area contributed by atoms with E-state index in [-0.39, 0.29) is 0 Å². The Hall–Kier alpha value is -1.32. The first-order chi connectivity index (χ1) is 8.70. The lowest BCUT2D eigenvalue weighted by molar-refractivity contribution is 0.210. The summed E-state index contributed by atoms with van der Waals surface area (Å²) in [4.78, 5) is 2.45. The van der Waals surface area contributed by atoms with Gasteiger partial charge in [0.2, 0.25) is 0 Å². The zero-order valence-electron chi connectivity index (χ0n) is 11.3. The molecule has 0 saturated heterocycles. The van der Waals surface area contributed by atoms with Gasteiger partial charge in [-0.15, -0.1) is 0 Å². The summed E-state index contributed by atoms with van der Waals surface area (Å²) in [5.41, 5.74) is 10.8. The van der Waals surface area contributed by atoms with E-state index in [9.17, 15) is 0 Å². The Kier molecular flexibility index (Phi) is 4.39. The Bertz CT molecular complexity index is 440. The van der Waals surface area contributed by atoms with Crippen molar-refractivity contribution in [2.75, 3.05) is 32.5 Å². The van der Waals surface area contributed by atoms with Crippen LogP contribution >= 0.6 is 0 Å². The molecule has 0 bridgehead atoms. The molecule has 1 aliphatic rings. The van der Waals surface area contributed by atoms with Crippen LogP contribution in [0.3, 0.4) is 0 Å². The van der Waals surface area contributed by atoms with E-state index in [2.05, 4.69) is 24.0 Å². The summed E-state index contributed by atoms with van der Waals surface area (Å²) in [5, 5.41) is 0. The Morgan fingerprint density at radius 1 is 1.39 bits per heavy atom. The molecule has 98 valence electrons. The first-order valence-electron chi connectivity index (χ1n) is 6.44. The van der Waals surface area contributed by atoms with Gasteiger partial charge in [0.05, 0.1) is 6.61 Å². The van der Waals surface area contributed by atoms with Crippen molar-refractivity contribution < 1.29 is 4.74 Å². The van der Waals surface area contributed by atoms with Gasteiger partial charge in [0.25, 0.3) is 0 Å². The lowest BCUT2D eigenvalue weighted by Gasteiger charge is -2.27. The summed E-state index contributed by atoms with van der Waals surface area (Å²) in [7, 11) is 1.75. The first kappa shape index (κ1) is 13.1. The van der Waals surface area contributed by atoms with Crippen LogP contribution in [0.4, 0.5) is 5.69 Å². The number of ether oxygens (including phenoxy) is 1. The Balaban J connectivity index is 1.97. The van der Waals surface area contributed by atoms with Crippen LogP contribution in [0.25, 0.3) is 0 Å². The lowest BCUT2D eigenvalue weighted by atomic mass is 10.0. The molecule has 1 aliphatic heterocycles. The highest BCUT2D eigenvalue weighted by atomic mass is 16.5. The molecule has 2 rings (SSSR count). The third-order valence-corrected chi connectivity index (χ3v) is 3.60. The van der Waals surface area contributed by atoms with Gasteiger partial charge in [0.1, 0.15) is 0 Å². The molecule has 0 unspecified atom stereocenters. The molecule has 0 fully saturated rings. The maximum Gasteiger partial charge on any atom is 0.0673 e. The molecule has 0 spiro atoms. The molecular weight excluding hydrogens is 224 g/mol. The average Bonchev–Trinajstić information content (AvgIpc) is 2.38. The molecule has 1 heterocycles. The zero-order chi connectivity index (χ0) is 13.0. The summed E-state index contributed by atoms with van der Waals surface area (Å²) in [6.07, 6.45) is 3.39. The molecule has 1 aromatic rings. The zero-order valence-corrected chi connectivity index (χ0v) is 11.3. The number of nitrogens with zero attached hydrogens (tertiary/aromatic N) is 1. The van der Waals surface area contributed by atoms with Crippen LogP contribution in [0.5, 0.6) is 0 Å². The van der Waals surface area contributed by atoms with Gasteiger partial charge < -0.3 is 10.5 Å². The van der Waals surface area contributed by atoms with Gasteiger partial charge in [0, 0.05) is 32.4 Å². The highest BCUT2D eigenvalue weighted by Crippen LogP contribution is 2.19. The van der Waals surface area contributed by atoms with Crippen LogP contribution in [-0.4, -0.2) is 31.7 Å². The molecule has 18 heavy (non-hydrogen) atoms. The van der Waals surface area contributed by atoms with Crippen LogP contribution < -0.4 is 5.73 Å². The molecule has 1 aromatic carbocycles. The quantitative estimate of drug-likeness (QED) is 0.654. The van der Waals surface area contributed by atoms with Gasteiger partial charge >= 0.3 is 0 Å². The minimum absolute atomic E-state index is 0.769. The van der Waals surface area contributed by atoms with Crippen molar-refractivity contribution in [2.45, 2.75) is 19.9 Å². The summed E-state index contributed by atoms with van der Waals surface area (Å²) in [5.74, 6) is 0. The van der Waals surface area contributed by atoms with E-state index < -0.39 is 0 Å². The van der Waals surface area contributed by atoms with Crippen LogP contribution in [0.15, 0.2) is 29.8 Å². The smallest absolute Gasteiger partial charge is 0.0673 e. The maximum absolute atomic E-state index is 5.94. The molecule has 2 N–H and O–H groups in total. The Morgan fingerprint density at radius 2 is 2.22 bits per heavy atom. The second-order valence-corrected chi connectivity index (χ2v) is 4.91. The Morgan fingerprint density at radius 3 is 2.89 bits per heavy atom. The molecular formula is C15H22N2O. The predicted molar refractivity (Wildman–Crippen MR) is 75.4 cm³/mol. The third kappa shape index (κ3) is 3.12. The maximum atomic E-state index is 5.94. The average molecular weight is 246 g/mol.